The molecule has 6 nitrogen and oxygen atoms in total. The Kier molecular flexibility index (Phi) is 5.73. The maximum atomic E-state index is 12.6. The molecule has 1 aromatic carbocycles. The highest BCUT2D eigenvalue weighted by Crippen LogP contribution is 2.18. The number of likely N-dealkylation sites (N-methyl/N-ethyl adjacent to an activating group) is 1. The van der Waals surface area contributed by atoms with Crippen LogP contribution in [0, 0.1) is 0 Å². The van der Waals surface area contributed by atoms with E-state index in [-0.39, 0.29) is 11.9 Å². The van der Waals surface area contributed by atoms with Gasteiger partial charge >= 0.3 is 0 Å². The number of benzene rings is 1. The number of nitrogens with one attached hydrogen (secondary N) is 1. The van der Waals surface area contributed by atoms with Crippen molar-refractivity contribution in [3.05, 3.63) is 53.7 Å². The van der Waals surface area contributed by atoms with Crippen LogP contribution in [0.3, 0.4) is 0 Å². The van der Waals surface area contributed by atoms with Crippen LogP contribution >= 0.6 is 0 Å². The van der Waals surface area contributed by atoms with Crippen molar-refractivity contribution in [2.24, 2.45) is 0 Å². The van der Waals surface area contributed by atoms with Gasteiger partial charge in [0.2, 0.25) is 0 Å². The zero-order valence-corrected chi connectivity index (χ0v) is 15.6. The lowest BCUT2D eigenvalue weighted by Crippen LogP contribution is -2.45. The fourth-order valence-corrected chi connectivity index (χ4v) is 3.01. The average Bonchev–Trinajstić information content (AvgIpc) is 2.68. The number of carbonyl (C=O) groups is 1. The van der Waals surface area contributed by atoms with Gasteiger partial charge in [-0.05, 0) is 43.8 Å². The Morgan fingerprint density at radius 3 is 2.46 bits per heavy atom. The first-order valence-electron chi connectivity index (χ1n) is 8.92. The van der Waals surface area contributed by atoms with E-state index in [0.717, 1.165) is 43.3 Å². The smallest absolute Gasteiger partial charge is 0.270 e. The maximum Gasteiger partial charge on any atom is 0.270 e. The van der Waals surface area contributed by atoms with Crippen LogP contribution in [0.2, 0.25) is 0 Å². The molecule has 2 heterocycles. The second-order valence-corrected chi connectivity index (χ2v) is 6.64. The highest BCUT2D eigenvalue weighted by atomic mass is 16.5. The first-order chi connectivity index (χ1) is 12.6. The lowest BCUT2D eigenvalue weighted by atomic mass is 10.1. The molecule has 138 valence electrons. The number of methoxy groups -OCH3 is 1. The van der Waals surface area contributed by atoms with Crippen molar-refractivity contribution in [1.29, 1.82) is 0 Å². The summed E-state index contributed by atoms with van der Waals surface area (Å²) >= 11 is 0. The van der Waals surface area contributed by atoms with Crippen molar-refractivity contribution in [3.8, 4) is 5.75 Å². The minimum absolute atomic E-state index is 0.109. The number of anilines is 1. The fraction of sp³-hybridized carbons (Fsp3) is 0.400. The van der Waals surface area contributed by atoms with E-state index >= 15 is 0 Å². The fourth-order valence-electron chi connectivity index (χ4n) is 3.01. The van der Waals surface area contributed by atoms with Crippen molar-refractivity contribution in [2.75, 3.05) is 45.2 Å². The van der Waals surface area contributed by atoms with E-state index in [9.17, 15) is 4.79 Å². The molecule has 1 aliphatic heterocycles. The van der Waals surface area contributed by atoms with Gasteiger partial charge in [-0.2, -0.15) is 0 Å². The van der Waals surface area contributed by atoms with Gasteiger partial charge in [-0.3, -0.25) is 4.79 Å². The Morgan fingerprint density at radius 1 is 1.12 bits per heavy atom. The summed E-state index contributed by atoms with van der Waals surface area (Å²) in [6, 6.07) is 13.2. The molecule has 1 unspecified atom stereocenters. The van der Waals surface area contributed by atoms with E-state index in [1.165, 1.54) is 0 Å². The molecule has 1 atom stereocenters. The van der Waals surface area contributed by atoms with Gasteiger partial charge in [-0.25, -0.2) is 4.98 Å². The quantitative estimate of drug-likeness (QED) is 0.893. The Morgan fingerprint density at radius 2 is 1.81 bits per heavy atom. The number of aromatic nitrogens is 1. The number of rotatable bonds is 5. The van der Waals surface area contributed by atoms with E-state index in [4.69, 9.17) is 4.74 Å². The number of carbonyl (C=O) groups excluding carboxylic acids is 1. The van der Waals surface area contributed by atoms with Gasteiger partial charge in [0.1, 0.15) is 17.3 Å². The number of hydrogen-bond donors (Lipinski definition) is 1. The van der Waals surface area contributed by atoms with Gasteiger partial charge in [0.25, 0.3) is 5.91 Å². The minimum Gasteiger partial charge on any atom is -0.497 e. The summed E-state index contributed by atoms with van der Waals surface area (Å²) < 4.78 is 5.17. The number of piperazine rings is 1. The molecule has 6 heteroatoms. The molecule has 1 N–H and O–H groups in total. The van der Waals surface area contributed by atoms with Crippen LogP contribution in [0.5, 0.6) is 5.75 Å². The van der Waals surface area contributed by atoms with Crippen LogP contribution < -0.4 is 15.0 Å². The van der Waals surface area contributed by atoms with E-state index in [0.29, 0.717) is 5.69 Å². The molecule has 0 saturated carbocycles. The lowest BCUT2D eigenvalue weighted by molar-refractivity contribution is 0.0935. The van der Waals surface area contributed by atoms with Crippen molar-refractivity contribution < 1.29 is 9.53 Å². The summed E-state index contributed by atoms with van der Waals surface area (Å²) in [6.45, 7) is 5.83. The maximum absolute atomic E-state index is 12.6. The summed E-state index contributed by atoms with van der Waals surface area (Å²) in [7, 11) is 3.76. The first-order valence-corrected chi connectivity index (χ1v) is 8.92. The van der Waals surface area contributed by atoms with E-state index in [2.05, 4.69) is 27.1 Å². The third-order valence-electron chi connectivity index (χ3n) is 4.76. The molecule has 1 fully saturated rings. The molecule has 1 saturated heterocycles. The second-order valence-electron chi connectivity index (χ2n) is 6.64. The topological polar surface area (TPSA) is 57.7 Å². The van der Waals surface area contributed by atoms with Crippen LogP contribution in [0.15, 0.2) is 42.5 Å². The van der Waals surface area contributed by atoms with Crippen molar-refractivity contribution in [3.63, 3.8) is 0 Å². The molecule has 0 aliphatic carbocycles. The van der Waals surface area contributed by atoms with E-state index in [1.54, 1.807) is 13.2 Å². The Hall–Kier alpha value is -2.60. The predicted molar refractivity (Wildman–Crippen MR) is 103 cm³/mol. The zero-order chi connectivity index (χ0) is 18.5. The first kappa shape index (κ1) is 18.2. The third kappa shape index (κ3) is 4.32. The number of amides is 1. The van der Waals surface area contributed by atoms with Crippen LogP contribution in [0.4, 0.5) is 5.82 Å². The molecule has 1 amide bonds. The summed E-state index contributed by atoms with van der Waals surface area (Å²) in [5.41, 5.74) is 1.47. The third-order valence-corrected chi connectivity index (χ3v) is 4.76. The normalized spacial score (nSPS) is 16.2. The molecule has 1 aromatic heterocycles. The Balaban J connectivity index is 1.66. The Labute approximate surface area is 154 Å². The van der Waals surface area contributed by atoms with Crippen LogP contribution in [0.25, 0.3) is 0 Å². The number of pyridine rings is 1. The monoisotopic (exact) mass is 354 g/mol. The predicted octanol–water partition coefficient (Wildman–Crippen LogP) is 2.33. The van der Waals surface area contributed by atoms with Gasteiger partial charge in [0.05, 0.1) is 13.2 Å². The summed E-state index contributed by atoms with van der Waals surface area (Å²) in [5, 5.41) is 3.02. The van der Waals surface area contributed by atoms with Crippen molar-refractivity contribution >= 4 is 11.7 Å². The van der Waals surface area contributed by atoms with Gasteiger partial charge in [0, 0.05) is 26.2 Å². The molecule has 2 aromatic rings. The zero-order valence-electron chi connectivity index (χ0n) is 15.6. The Bertz CT molecular complexity index is 740. The van der Waals surface area contributed by atoms with E-state index < -0.39 is 0 Å². The molecule has 0 radical (unpaired) electrons. The summed E-state index contributed by atoms with van der Waals surface area (Å²) in [4.78, 5) is 21.7. The van der Waals surface area contributed by atoms with Gasteiger partial charge in [0.15, 0.2) is 0 Å². The second kappa shape index (κ2) is 8.19. The molecular weight excluding hydrogens is 328 g/mol. The standard InChI is InChI=1S/C20H26N4O2/c1-15(16-7-9-17(26-3)10-8-16)21-20(25)18-5-4-6-19(22-18)24-13-11-23(2)12-14-24/h4-10,15H,11-14H2,1-3H3,(H,21,25). The average molecular weight is 354 g/mol. The van der Waals surface area contributed by atoms with Crippen LogP contribution in [-0.2, 0) is 0 Å². The van der Waals surface area contributed by atoms with Gasteiger partial charge in [-0.1, -0.05) is 18.2 Å². The number of hydrogen-bond acceptors (Lipinski definition) is 5. The van der Waals surface area contributed by atoms with E-state index in [1.807, 2.05) is 43.3 Å². The number of nitrogens with zero attached hydrogens (tertiary/aromatic N) is 3. The molecule has 3 rings (SSSR count). The van der Waals surface area contributed by atoms with Crippen LogP contribution in [0.1, 0.15) is 29.0 Å². The SMILES string of the molecule is COc1ccc(C(C)NC(=O)c2cccc(N3CCN(C)CC3)n2)cc1. The largest absolute Gasteiger partial charge is 0.497 e. The molecule has 1 aliphatic rings. The van der Waals surface area contributed by atoms with Gasteiger partial charge in [-0.15, -0.1) is 0 Å². The summed E-state index contributed by atoms with van der Waals surface area (Å²) in [5.74, 6) is 1.50. The lowest BCUT2D eigenvalue weighted by Gasteiger charge is -2.33. The number of ether oxygens (including phenoxy) is 1. The molecule has 26 heavy (non-hydrogen) atoms. The molecule has 0 spiro atoms. The summed E-state index contributed by atoms with van der Waals surface area (Å²) in [6.07, 6.45) is 0. The van der Waals surface area contributed by atoms with Crippen molar-refractivity contribution in [1.82, 2.24) is 15.2 Å². The van der Waals surface area contributed by atoms with Crippen LogP contribution in [-0.4, -0.2) is 56.1 Å². The highest BCUT2D eigenvalue weighted by Gasteiger charge is 2.18. The molecular formula is C20H26N4O2. The minimum atomic E-state index is -0.163. The highest BCUT2D eigenvalue weighted by molar-refractivity contribution is 5.92. The van der Waals surface area contributed by atoms with Gasteiger partial charge < -0.3 is 19.9 Å². The molecule has 0 bridgehead atoms. The van der Waals surface area contributed by atoms with Crippen molar-refractivity contribution in [2.45, 2.75) is 13.0 Å².